The Morgan fingerprint density at radius 2 is 1.94 bits per heavy atom. The highest BCUT2D eigenvalue weighted by Crippen LogP contribution is 2.40. The van der Waals surface area contributed by atoms with E-state index in [0.717, 1.165) is 23.0 Å². The molecule has 1 amide bonds. The van der Waals surface area contributed by atoms with E-state index in [0.29, 0.717) is 12.0 Å². The van der Waals surface area contributed by atoms with Crippen molar-refractivity contribution in [1.82, 2.24) is 9.88 Å². The molecule has 0 radical (unpaired) electrons. The third kappa shape index (κ3) is 4.61. The van der Waals surface area contributed by atoms with E-state index in [-0.39, 0.29) is 41.9 Å². The number of hydrogen-bond acceptors (Lipinski definition) is 7. The minimum atomic E-state index is -3.71. The van der Waals surface area contributed by atoms with Crippen LogP contribution in [0.15, 0.2) is 24.3 Å². The van der Waals surface area contributed by atoms with Gasteiger partial charge < -0.3 is 14.4 Å². The molecule has 0 spiro atoms. The maximum Gasteiger partial charge on any atom is 0.309 e. The number of carbonyl (C=O) groups is 2. The lowest BCUT2D eigenvalue weighted by Gasteiger charge is -2.32. The van der Waals surface area contributed by atoms with Crippen LogP contribution in [-0.4, -0.2) is 57.1 Å². The fraction of sp³-hybridized carbons (Fsp3) is 0.350. The zero-order chi connectivity index (χ0) is 22.9. The minimum Gasteiger partial charge on any atom is -0.491 e. The maximum absolute atomic E-state index is 13.4. The van der Waals surface area contributed by atoms with Gasteiger partial charge in [0.1, 0.15) is 11.6 Å². The van der Waals surface area contributed by atoms with Gasteiger partial charge in [-0.3, -0.25) is 13.9 Å². The minimum absolute atomic E-state index is 0.00988. The zero-order valence-corrected chi connectivity index (χ0v) is 18.3. The highest BCUT2D eigenvalue weighted by atomic mass is 32.2. The van der Waals surface area contributed by atoms with E-state index in [1.54, 1.807) is 12.1 Å². The number of hydrogen-bond donors (Lipinski definition) is 0. The number of anilines is 1. The van der Waals surface area contributed by atoms with Crippen molar-refractivity contribution in [3.05, 3.63) is 46.8 Å². The summed E-state index contributed by atoms with van der Waals surface area (Å²) in [5, 5.41) is 0. The van der Waals surface area contributed by atoms with Crippen LogP contribution in [0.3, 0.4) is 0 Å². The van der Waals surface area contributed by atoms with Crippen molar-refractivity contribution < 1.29 is 31.9 Å². The molecular weight excluding hydrogens is 429 g/mol. The quantitative estimate of drug-likeness (QED) is 0.616. The molecule has 0 unspecified atom stereocenters. The largest absolute Gasteiger partial charge is 0.491 e. The fourth-order valence-corrected chi connectivity index (χ4v) is 3.78. The predicted molar refractivity (Wildman–Crippen MR) is 110 cm³/mol. The molecule has 11 heteroatoms. The Morgan fingerprint density at radius 3 is 2.48 bits per heavy atom. The predicted octanol–water partition coefficient (Wildman–Crippen LogP) is 1.75. The summed E-state index contributed by atoms with van der Waals surface area (Å²) in [6, 6.07) is 5.77. The van der Waals surface area contributed by atoms with Crippen LogP contribution in [-0.2, 0) is 27.8 Å². The van der Waals surface area contributed by atoms with Crippen LogP contribution < -0.4 is 13.8 Å². The summed E-state index contributed by atoms with van der Waals surface area (Å²) in [5.41, 5.74) is 1.17. The number of nitrogens with zero attached hydrogens (tertiary/aromatic N) is 3. The van der Waals surface area contributed by atoms with Crippen molar-refractivity contribution >= 4 is 27.7 Å². The number of aromatic nitrogens is 1. The number of pyridine rings is 1. The Balaban J connectivity index is 2.13. The molecule has 1 aliphatic heterocycles. The molecule has 1 aromatic carbocycles. The van der Waals surface area contributed by atoms with Gasteiger partial charge >= 0.3 is 5.97 Å². The summed E-state index contributed by atoms with van der Waals surface area (Å²) in [6.45, 7) is 1.65. The average molecular weight is 451 g/mol. The summed E-state index contributed by atoms with van der Waals surface area (Å²) in [6.07, 6.45) is 1.30. The molecule has 0 saturated heterocycles. The van der Waals surface area contributed by atoms with Gasteiger partial charge in [0, 0.05) is 32.6 Å². The van der Waals surface area contributed by atoms with E-state index < -0.39 is 21.9 Å². The lowest BCUT2D eigenvalue weighted by Crippen LogP contribution is -2.39. The third-order valence-corrected chi connectivity index (χ3v) is 6.03. The van der Waals surface area contributed by atoms with Gasteiger partial charge in [-0.05, 0) is 24.1 Å². The number of benzene rings is 1. The second-order valence-corrected chi connectivity index (χ2v) is 9.07. The standard InChI is InChI=1S/C20H22FN3O6S/c1-12(25)30-19-17(29-3)16-15(18(22-19)23(2)31(4,27)28)9-10-24(20(16)26)11-13-5-7-14(21)8-6-13/h5-8H,9-11H2,1-4H3. The normalized spacial score (nSPS) is 13.6. The van der Waals surface area contributed by atoms with Gasteiger partial charge in [0.05, 0.1) is 18.9 Å². The topological polar surface area (TPSA) is 106 Å². The molecule has 0 saturated carbocycles. The molecule has 2 heterocycles. The first kappa shape index (κ1) is 22.5. The van der Waals surface area contributed by atoms with Gasteiger partial charge in [-0.1, -0.05) is 12.1 Å². The van der Waals surface area contributed by atoms with Crippen molar-refractivity contribution in [2.45, 2.75) is 19.9 Å². The summed E-state index contributed by atoms with van der Waals surface area (Å²) < 4.78 is 48.9. The van der Waals surface area contributed by atoms with Crippen molar-refractivity contribution in [2.75, 3.05) is 31.3 Å². The second kappa shape index (κ2) is 8.50. The van der Waals surface area contributed by atoms with E-state index in [2.05, 4.69) is 4.98 Å². The molecular formula is C20H22FN3O6S. The van der Waals surface area contributed by atoms with Crippen LogP contribution in [0.25, 0.3) is 0 Å². The second-order valence-electron chi connectivity index (χ2n) is 7.05. The molecule has 0 aliphatic carbocycles. The lowest BCUT2D eigenvalue weighted by molar-refractivity contribution is -0.132. The molecule has 0 atom stereocenters. The van der Waals surface area contributed by atoms with Crippen LogP contribution in [0.4, 0.5) is 10.2 Å². The summed E-state index contributed by atoms with van der Waals surface area (Å²) >= 11 is 0. The molecule has 3 rings (SSSR count). The Kier molecular flexibility index (Phi) is 6.16. The van der Waals surface area contributed by atoms with E-state index >= 15 is 0 Å². The zero-order valence-electron chi connectivity index (χ0n) is 17.5. The van der Waals surface area contributed by atoms with Gasteiger partial charge in [-0.2, -0.15) is 4.98 Å². The van der Waals surface area contributed by atoms with Gasteiger partial charge in [0.25, 0.3) is 11.8 Å². The van der Waals surface area contributed by atoms with Crippen LogP contribution in [0.5, 0.6) is 11.6 Å². The number of fused-ring (bicyclic) bond motifs is 1. The van der Waals surface area contributed by atoms with Gasteiger partial charge in [-0.15, -0.1) is 0 Å². The Hall–Kier alpha value is -3.21. The average Bonchev–Trinajstić information content (AvgIpc) is 2.69. The number of sulfonamides is 1. The molecule has 31 heavy (non-hydrogen) atoms. The van der Waals surface area contributed by atoms with E-state index in [1.165, 1.54) is 31.2 Å². The van der Waals surface area contributed by atoms with Gasteiger partial charge in [0.15, 0.2) is 5.75 Å². The van der Waals surface area contributed by atoms with Crippen LogP contribution >= 0.6 is 0 Å². The first-order valence-corrected chi connectivity index (χ1v) is 11.1. The molecule has 0 bridgehead atoms. The highest BCUT2D eigenvalue weighted by Gasteiger charge is 2.35. The Morgan fingerprint density at radius 1 is 1.29 bits per heavy atom. The highest BCUT2D eigenvalue weighted by molar-refractivity contribution is 7.92. The molecule has 1 aromatic heterocycles. The smallest absolute Gasteiger partial charge is 0.309 e. The van der Waals surface area contributed by atoms with Crippen molar-refractivity contribution in [1.29, 1.82) is 0 Å². The number of methoxy groups -OCH3 is 1. The Bertz CT molecular complexity index is 1130. The SMILES string of the molecule is COc1c(OC(C)=O)nc(N(C)S(C)(=O)=O)c2c1C(=O)N(Cc1ccc(F)cc1)CC2. The monoisotopic (exact) mass is 451 g/mol. The molecule has 166 valence electrons. The van der Waals surface area contributed by atoms with E-state index in [1.807, 2.05) is 0 Å². The van der Waals surface area contributed by atoms with Gasteiger partial charge in [-0.25, -0.2) is 12.8 Å². The molecule has 1 aliphatic rings. The van der Waals surface area contributed by atoms with Crippen molar-refractivity contribution in [2.24, 2.45) is 0 Å². The first-order chi connectivity index (χ1) is 14.5. The van der Waals surface area contributed by atoms with E-state index in [4.69, 9.17) is 9.47 Å². The molecule has 0 fully saturated rings. The molecule has 9 nitrogen and oxygen atoms in total. The molecule has 0 N–H and O–H groups in total. The third-order valence-electron chi connectivity index (χ3n) is 4.86. The fourth-order valence-electron chi connectivity index (χ4n) is 3.31. The maximum atomic E-state index is 13.4. The summed E-state index contributed by atoms with van der Waals surface area (Å²) in [4.78, 5) is 30.6. The van der Waals surface area contributed by atoms with E-state index in [9.17, 15) is 22.4 Å². The number of halogens is 1. The van der Waals surface area contributed by atoms with Crippen LogP contribution in [0.1, 0.15) is 28.4 Å². The lowest BCUT2D eigenvalue weighted by atomic mass is 9.98. The van der Waals surface area contributed by atoms with Gasteiger partial charge in [0.2, 0.25) is 10.0 Å². The first-order valence-electron chi connectivity index (χ1n) is 9.29. The number of carbonyl (C=O) groups excluding carboxylic acids is 2. The summed E-state index contributed by atoms with van der Waals surface area (Å²) in [5.74, 6) is -1.89. The summed E-state index contributed by atoms with van der Waals surface area (Å²) in [7, 11) is -1.10. The Labute approximate surface area is 179 Å². The van der Waals surface area contributed by atoms with Crippen molar-refractivity contribution in [3.63, 3.8) is 0 Å². The number of amides is 1. The number of esters is 1. The van der Waals surface area contributed by atoms with Crippen molar-refractivity contribution in [3.8, 4) is 11.6 Å². The van der Waals surface area contributed by atoms with Crippen LogP contribution in [0, 0.1) is 5.82 Å². The number of ether oxygens (including phenoxy) is 2. The molecule has 2 aromatic rings. The van der Waals surface area contributed by atoms with Crippen LogP contribution in [0.2, 0.25) is 0 Å². The number of rotatable bonds is 6.